The van der Waals surface area contributed by atoms with Crippen LogP contribution in [0.5, 0.6) is 11.5 Å². The van der Waals surface area contributed by atoms with Crippen molar-refractivity contribution in [1.29, 1.82) is 0 Å². The number of methoxy groups -OCH3 is 1. The first-order valence-corrected chi connectivity index (χ1v) is 8.96. The highest BCUT2D eigenvalue weighted by Gasteiger charge is 2.18. The first-order valence-electron chi connectivity index (χ1n) is 8.96. The standard InChI is InChI=1S/C22H24O5/c1-14(2)25-11-12-26-22-20(23)18-10-5-15(3)13-19(18)27-21(22)16-6-8-17(24-4)9-7-16/h5-10,13-14H,11-12H2,1-4H3. The van der Waals surface area contributed by atoms with Gasteiger partial charge in [0.1, 0.15) is 17.9 Å². The zero-order valence-corrected chi connectivity index (χ0v) is 16.1. The minimum absolute atomic E-state index is 0.102. The summed E-state index contributed by atoms with van der Waals surface area (Å²) in [6.07, 6.45) is 0.102. The van der Waals surface area contributed by atoms with E-state index in [0.717, 1.165) is 16.9 Å². The Morgan fingerprint density at radius 3 is 2.44 bits per heavy atom. The van der Waals surface area contributed by atoms with Gasteiger partial charge in [-0.05, 0) is 62.7 Å². The maximum absolute atomic E-state index is 13.0. The number of fused-ring (bicyclic) bond motifs is 1. The van der Waals surface area contributed by atoms with Gasteiger partial charge in [-0.1, -0.05) is 6.07 Å². The van der Waals surface area contributed by atoms with Crippen LogP contribution in [0.15, 0.2) is 51.7 Å². The first-order chi connectivity index (χ1) is 13.0. The van der Waals surface area contributed by atoms with Crippen LogP contribution in [0.3, 0.4) is 0 Å². The molecule has 0 aliphatic rings. The lowest BCUT2D eigenvalue weighted by molar-refractivity contribution is 0.0549. The Kier molecular flexibility index (Phi) is 5.81. The van der Waals surface area contributed by atoms with Crippen LogP contribution < -0.4 is 14.9 Å². The van der Waals surface area contributed by atoms with Crippen molar-refractivity contribution in [1.82, 2.24) is 0 Å². The van der Waals surface area contributed by atoms with Gasteiger partial charge in [0.05, 0.1) is 25.2 Å². The summed E-state index contributed by atoms with van der Waals surface area (Å²) in [6, 6.07) is 12.8. The molecule has 3 aromatic rings. The lowest BCUT2D eigenvalue weighted by Gasteiger charge is -2.13. The molecule has 1 aromatic heterocycles. The third-order valence-electron chi connectivity index (χ3n) is 4.14. The second kappa shape index (κ2) is 8.27. The van der Waals surface area contributed by atoms with E-state index in [2.05, 4.69) is 0 Å². The molecule has 0 bridgehead atoms. The van der Waals surface area contributed by atoms with Gasteiger partial charge in [0, 0.05) is 5.56 Å². The summed E-state index contributed by atoms with van der Waals surface area (Å²) < 4.78 is 22.6. The smallest absolute Gasteiger partial charge is 0.235 e. The molecule has 0 unspecified atom stereocenters. The molecule has 0 atom stereocenters. The van der Waals surface area contributed by atoms with Crippen molar-refractivity contribution in [3.63, 3.8) is 0 Å². The predicted molar refractivity (Wildman–Crippen MR) is 106 cm³/mol. The molecule has 0 saturated carbocycles. The molecular formula is C22H24O5. The van der Waals surface area contributed by atoms with Gasteiger partial charge in [-0.15, -0.1) is 0 Å². The second-order valence-corrected chi connectivity index (χ2v) is 6.59. The van der Waals surface area contributed by atoms with Crippen molar-refractivity contribution < 1.29 is 18.6 Å². The monoisotopic (exact) mass is 368 g/mol. The van der Waals surface area contributed by atoms with Crippen LogP contribution in [0.2, 0.25) is 0 Å². The van der Waals surface area contributed by atoms with Crippen LogP contribution in [0, 0.1) is 6.92 Å². The zero-order valence-electron chi connectivity index (χ0n) is 16.1. The van der Waals surface area contributed by atoms with Gasteiger partial charge in [0.2, 0.25) is 11.2 Å². The van der Waals surface area contributed by atoms with Crippen LogP contribution in [-0.2, 0) is 4.74 Å². The van der Waals surface area contributed by atoms with E-state index in [-0.39, 0.29) is 23.9 Å². The maximum atomic E-state index is 13.0. The highest BCUT2D eigenvalue weighted by atomic mass is 16.5. The molecule has 27 heavy (non-hydrogen) atoms. The Bertz CT molecular complexity index is 970. The van der Waals surface area contributed by atoms with Gasteiger partial charge in [-0.2, -0.15) is 0 Å². The summed E-state index contributed by atoms with van der Waals surface area (Å²) in [6.45, 7) is 6.53. The Morgan fingerprint density at radius 2 is 1.78 bits per heavy atom. The third-order valence-corrected chi connectivity index (χ3v) is 4.14. The molecule has 5 nitrogen and oxygen atoms in total. The molecule has 3 rings (SSSR count). The number of benzene rings is 2. The van der Waals surface area contributed by atoms with Crippen LogP contribution >= 0.6 is 0 Å². The van der Waals surface area contributed by atoms with Gasteiger partial charge in [0.25, 0.3) is 0 Å². The minimum atomic E-state index is -0.188. The molecule has 0 saturated heterocycles. The van der Waals surface area contributed by atoms with Crippen molar-refractivity contribution in [3.05, 3.63) is 58.3 Å². The molecule has 0 spiro atoms. The van der Waals surface area contributed by atoms with E-state index in [1.807, 2.05) is 57.2 Å². The second-order valence-electron chi connectivity index (χ2n) is 6.59. The van der Waals surface area contributed by atoms with Gasteiger partial charge >= 0.3 is 0 Å². The fourth-order valence-electron chi connectivity index (χ4n) is 2.77. The summed E-state index contributed by atoms with van der Waals surface area (Å²) in [5, 5.41) is 0.498. The van der Waals surface area contributed by atoms with Crippen molar-refractivity contribution in [2.75, 3.05) is 20.3 Å². The summed E-state index contributed by atoms with van der Waals surface area (Å²) in [7, 11) is 1.61. The highest BCUT2D eigenvalue weighted by molar-refractivity contribution is 5.82. The largest absolute Gasteiger partial charge is 0.497 e. The molecule has 0 fully saturated rings. The van der Waals surface area contributed by atoms with E-state index in [1.165, 1.54) is 0 Å². The maximum Gasteiger partial charge on any atom is 0.235 e. The molecule has 0 amide bonds. The molecule has 2 aromatic carbocycles. The third kappa shape index (κ3) is 4.31. The normalized spacial score (nSPS) is 11.1. The molecule has 0 aliphatic carbocycles. The number of rotatable bonds is 7. The fourth-order valence-corrected chi connectivity index (χ4v) is 2.77. The van der Waals surface area contributed by atoms with Crippen LogP contribution in [0.4, 0.5) is 0 Å². The quantitative estimate of drug-likeness (QED) is 0.571. The lowest BCUT2D eigenvalue weighted by Crippen LogP contribution is -2.16. The number of aryl methyl sites for hydroxylation is 1. The molecule has 0 N–H and O–H groups in total. The van der Waals surface area contributed by atoms with Crippen molar-refractivity contribution >= 4 is 11.0 Å². The van der Waals surface area contributed by atoms with E-state index in [0.29, 0.717) is 23.3 Å². The van der Waals surface area contributed by atoms with E-state index in [1.54, 1.807) is 13.2 Å². The van der Waals surface area contributed by atoms with E-state index in [4.69, 9.17) is 18.6 Å². The van der Waals surface area contributed by atoms with E-state index < -0.39 is 0 Å². The zero-order chi connectivity index (χ0) is 19.4. The molecule has 1 heterocycles. The summed E-state index contributed by atoms with van der Waals surface area (Å²) >= 11 is 0. The van der Waals surface area contributed by atoms with Gasteiger partial charge < -0.3 is 18.6 Å². The molecular weight excluding hydrogens is 344 g/mol. The fraction of sp³-hybridized carbons (Fsp3) is 0.318. The molecule has 5 heteroatoms. The van der Waals surface area contributed by atoms with Crippen LogP contribution in [-0.4, -0.2) is 26.4 Å². The topological polar surface area (TPSA) is 57.9 Å². The van der Waals surface area contributed by atoms with Crippen molar-refractivity contribution in [2.45, 2.75) is 26.9 Å². The average Bonchev–Trinajstić information content (AvgIpc) is 2.66. The lowest BCUT2D eigenvalue weighted by atomic mass is 10.1. The molecule has 0 aliphatic heterocycles. The summed E-state index contributed by atoms with van der Waals surface area (Å²) in [5.41, 5.74) is 2.12. The number of ether oxygens (including phenoxy) is 3. The van der Waals surface area contributed by atoms with E-state index >= 15 is 0 Å². The summed E-state index contributed by atoms with van der Waals surface area (Å²) in [4.78, 5) is 13.0. The Hall–Kier alpha value is -2.79. The predicted octanol–water partition coefficient (Wildman–Crippen LogP) is 4.58. The van der Waals surface area contributed by atoms with Crippen LogP contribution in [0.1, 0.15) is 19.4 Å². The Balaban J connectivity index is 2.06. The van der Waals surface area contributed by atoms with Gasteiger partial charge in [-0.3, -0.25) is 4.79 Å². The van der Waals surface area contributed by atoms with Crippen molar-refractivity contribution in [3.8, 4) is 22.8 Å². The first kappa shape index (κ1) is 19.0. The Morgan fingerprint density at radius 1 is 1.04 bits per heavy atom. The number of hydrogen-bond donors (Lipinski definition) is 0. The number of hydrogen-bond acceptors (Lipinski definition) is 5. The van der Waals surface area contributed by atoms with E-state index in [9.17, 15) is 4.79 Å². The van der Waals surface area contributed by atoms with Gasteiger partial charge in [0.15, 0.2) is 5.76 Å². The highest BCUT2D eigenvalue weighted by Crippen LogP contribution is 2.32. The van der Waals surface area contributed by atoms with Gasteiger partial charge in [-0.25, -0.2) is 0 Å². The van der Waals surface area contributed by atoms with Crippen LogP contribution in [0.25, 0.3) is 22.3 Å². The Labute approximate surface area is 158 Å². The minimum Gasteiger partial charge on any atom is -0.497 e. The molecule has 142 valence electrons. The molecule has 0 radical (unpaired) electrons. The average molecular weight is 368 g/mol. The SMILES string of the molecule is COc1ccc(-c2oc3cc(C)ccc3c(=O)c2OCCOC(C)C)cc1. The summed E-state index contributed by atoms with van der Waals surface area (Å²) in [5.74, 6) is 1.33. The van der Waals surface area contributed by atoms with Crippen molar-refractivity contribution in [2.24, 2.45) is 0 Å².